The Hall–Kier alpha value is 2.19. The number of hydrogen-bond acceptors (Lipinski definition) is 0. The van der Waals surface area contributed by atoms with Crippen LogP contribution < -0.4 is 0 Å². The van der Waals surface area contributed by atoms with Crippen LogP contribution in [0.1, 0.15) is 1.37 Å². The molecule has 0 aliphatic rings. The molecule has 0 N–H and O–H groups in total. The predicted octanol–water partition coefficient (Wildman–Crippen LogP) is 2.58. The van der Waals surface area contributed by atoms with Gasteiger partial charge in [0, 0.05) is 0 Å². The lowest BCUT2D eigenvalue weighted by Crippen LogP contribution is -1.47. The standard InChI is InChI=1S/CHI3/c2-1(3)4/h1H/i1D. The summed E-state index contributed by atoms with van der Waals surface area (Å²) in [6.45, 7) is 0. The van der Waals surface area contributed by atoms with Crippen molar-refractivity contribution in [3.8, 4) is 0 Å². The van der Waals surface area contributed by atoms with Crippen LogP contribution in [0.2, 0.25) is 0 Å². The first-order valence-electron chi connectivity index (χ1n) is 1.07. The lowest BCUT2D eigenvalue weighted by Gasteiger charge is -1.71. The van der Waals surface area contributed by atoms with E-state index in [-0.39, 0.29) is -0.0858 Å². The van der Waals surface area contributed by atoms with E-state index in [1.807, 2.05) is 67.8 Å². The summed E-state index contributed by atoms with van der Waals surface area (Å²) < 4.78 is 6.56. The highest BCUT2D eigenvalue weighted by Crippen LogP contribution is 2.16. The molecule has 0 heterocycles. The Kier molecular flexibility index (Phi) is 3.68. The Morgan fingerprint density at radius 3 is 1.50 bits per heavy atom. The van der Waals surface area contributed by atoms with Crippen LogP contribution >= 0.6 is 67.8 Å². The van der Waals surface area contributed by atoms with Crippen LogP contribution in [0.15, 0.2) is 0 Å². The molecule has 0 spiro atoms. The van der Waals surface area contributed by atoms with E-state index in [1.54, 1.807) is 0 Å². The van der Waals surface area contributed by atoms with Crippen molar-refractivity contribution in [2.75, 3.05) is 0 Å². The minimum Gasteiger partial charge on any atom is -0.0592 e. The van der Waals surface area contributed by atoms with Gasteiger partial charge in [-0.25, -0.2) is 0 Å². The molecule has 3 heteroatoms. The number of hydrogen-bond donors (Lipinski definition) is 0. The van der Waals surface area contributed by atoms with Crippen LogP contribution in [-0.2, 0) is 0 Å². The minimum atomic E-state index is -0.340. The largest absolute Gasteiger partial charge is 0.114 e. The van der Waals surface area contributed by atoms with Gasteiger partial charge in [0.1, 0.15) is -0.0858 Å². The molecule has 0 atom stereocenters. The maximum atomic E-state index is 6.90. The first-order valence-corrected chi connectivity index (χ1v) is 3.80. The van der Waals surface area contributed by atoms with Crippen molar-refractivity contribution in [2.24, 2.45) is 0 Å². The van der Waals surface area contributed by atoms with Gasteiger partial charge in [-0.2, -0.15) is 0 Å². The topological polar surface area (TPSA) is 0 Å². The van der Waals surface area contributed by atoms with E-state index >= 15 is 0 Å². The van der Waals surface area contributed by atoms with Crippen LogP contribution in [0.3, 0.4) is 0 Å². The lowest BCUT2D eigenvalue weighted by atomic mass is 12.0. The molecule has 0 aliphatic heterocycles. The molecule has 0 aromatic carbocycles. The first-order chi connectivity index (χ1) is 2.00. The maximum Gasteiger partial charge on any atom is 0.114 e. The molecule has 0 bridgehead atoms. The van der Waals surface area contributed by atoms with Crippen molar-refractivity contribution in [3.63, 3.8) is 0 Å². The van der Waals surface area contributed by atoms with Gasteiger partial charge in [0.05, 0.1) is 1.37 Å². The van der Waals surface area contributed by atoms with Gasteiger partial charge in [0.2, 0.25) is 0 Å². The molecule has 26 valence electrons. The summed E-state index contributed by atoms with van der Waals surface area (Å²) >= 11 is 6.05. The van der Waals surface area contributed by atoms with Crippen molar-refractivity contribution < 1.29 is 1.37 Å². The van der Waals surface area contributed by atoms with E-state index in [4.69, 9.17) is 1.37 Å². The average Bonchev–Trinajstić information content (AvgIpc) is 0.722. The van der Waals surface area contributed by atoms with Crippen LogP contribution in [0.4, 0.5) is 0 Å². The Morgan fingerprint density at radius 2 is 1.50 bits per heavy atom. The number of alkyl halides is 3. The highest BCUT2D eigenvalue weighted by Gasteiger charge is 1.76. The maximum absolute atomic E-state index is 6.90. The quantitative estimate of drug-likeness (QED) is 0.438. The fourth-order valence-electron chi connectivity index (χ4n) is 0. The van der Waals surface area contributed by atoms with Crippen LogP contribution in [0.5, 0.6) is 0 Å². The van der Waals surface area contributed by atoms with Gasteiger partial charge in [-0.05, 0) is 0 Å². The Balaban J connectivity index is 3.02. The molecule has 0 aromatic heterocycles. The van der Waals surface area contributed by atoms with E-state index in [1.165, 1.54) is 0 Å². The molecule has 0 saturated carbocycles. The van der Waals surface area contributed by atoms with Gasteiger partial charge in [0.25, 0.3) is 0 Å². The van der Waals surface area contributed by atoms with Gasteiger partial charge in [0.15, 0.2) is 0 Å². The van der Waals surface area contributed by atoms with Crippen molar-refractivity contribution >= 4 is 67.8 Å². The van der Waals surface area contributed by atoms with Crippen molar-refractivity contribution in [1.29, 1.82) is 0 Å². The Labute approximate surface area is 67.9 Å². The zero-order valence-electron chi connectivity index (χ0n) is 2.63. The Morgan fingerprint density at radius 1 is 1.50 bits per heavy atom. The van der Waals surface area contributed by atoms with E-state index in [0.29, 0.717) is 0 Å². The SMILES string of the molecule is [2H]C(I)(I)I. The fraction of sp³-hybridized carbons (Fsp3) is 1.00. The monoisotopic (exact) mass is 395 g/mol. The molecule has 0 aliphatic carbocycles. The molecule has 0 fully saturated rings. The molecule has 4 heavy (non-hydrogen) atoms. The molecule has 0 amide bonds. The van der Waals surface area contributed by atoms with Gasteiger partial charge in [-0.15, -0.1) is 0 Å². The summed E-state index contributed by atoms with van der Waals surface area (Å²) in [4.78, 5) is 0. The van der Waals surface area contributed by atoms with Crippen molar-refractivity contribution in [2.45, 2.75) is -0.0858 Å². The summed E-state index contributed by atoms with van der Waals surface area (Å²) in [6.07, 6.45) is 0. The third-order valence-electron chi connectivity index (χ3n) is 0. The second-order valence-corrected chi connectivity index (χ2v) is 9.64. The first kappa shape index (κ1) is 4.35. The molecule has 0 radical (unpaired) electrons. The van der Waals surface area contributed by atoms with Crippen molar-refractivity contribution in [1.82, 2.24) is 0 Å². The predicted molar refractivity (Wildman–Crippen MR) is 45.8 cm³/mol. The van der Waals surface area contributed by atoms with E-state index < -0.39 is 0 Å². The molecule has 0 rings (SSSR count). The second kappa shape index (κ2) is 3.38. The number of halogens is 3. The van der Waals surface area contributed by atoms with E-state index in [0.717, 1.165) is 0 Å². The van der Waals surface area contributed by atoms with Gasteiger partial charge in [-0.3, -0.25) is 0 Å². The Bertz CT molecular complexity index is 22.4. The van der Waals surface area contributed by atoms with Crippen molar-refractivity contribution in [3.05, 3.63) is 0 Å². The van der Waals surface area contributed by atoms with Gasteiger partial charge >= 0.3 is 0 Å². The summed E-state index contributed by atoms with van der Waals surface area (Å²) in [7, 11) is 0. The fourth-order valence-corrected chi connectivity index (χ4v) is 0. The second-order valence-electron chi connectivity index (χ2n) is 0.214. The smallest absolute Gasteiger partial charge is 0.0592 e. The number of rotatable bonds is 0. The zero-order valence-corrected chi connectivity index (χ0v) is 8.11. The average molecular weight is 395 g/mol. The molecule has 0 aromatic rings. The summed E-state index contributed by atoms with van der Waals surface area (Å²) in [5.74, 6) is 0. The minimum absolute atomic E-state index is 0.340. The highest BCUT2D eigenvalue weighted by molar-refractivity contribution is 14.3. The third-order valence-corrected chi connectivity index (χ3v) is 0. The molecule has 0 nitrogen and oxygen atoms in total. The lowest BCUT2D eigenvalue weighted by molar-refractivity contribution is 2.47. The third kappa shape index (κ3) is 8.89. The zero-order chi connectivity index (χ0) is 4.50. The van der Waals surface area contributed by atoms with Crippen LogP contribution in [-0.4, -0.2) is -0.0858 Å². The summed E-state index contributed by atoms with van der Waals surface area (Å²) in [6, 6.07) is 0. The molecule has 0 saturated heterocycles. The summed E-state index contributed by atoms with van der Waals surface area (Å²) in [5.41, 5.74) is 0. The summed E-state index contributed by atoms with van der Waals surface area (Å²) in [5, 5.41) is 0. The molecule has 0 unspecified atom stereocenters. The highest BCUT2D eigenvalue weighted by atomic mass is 127. The van der Waals surface area contributed by atoms with Gasteiger partial charge in [-0.1, -0.05) is 67.8 Å². The van der Waals surface area contributed by atoms with E-state index in [9.17, 15) is 0 Å². The van der Waals surface area contributed by atoms with Crippen LogP contribution in [0, 0.1) is 0 Å². The van der Waals surface area contributed by atoms with Crippen LogP contribution in [0.25, 0.3) is 0 Å². The normalized spacial score (nSPS) is 15.2. The van der Waals surface area contributed by atoms with E-state index in [2.05, 4.69) is 0 Å². The molecular weight excluding hydrogens is 393 g/mol. The van der Waals surface area contributed by atoms with Gasteiger partial charge < -0.3 is 0 Å². The molecular formula is CHI3.